The Morgan fingerprint density at radius 2 is 1.59 bits per heavy atom. The molecule has 22 heavy (non-hydrogen) atoms. The Balaban J connectivity index is 2.22. The molecule has 0 heterocycles. The van der Waals surface area contributed by atoms with E-state index >= 15 is 0 Å². The molecule has 0 saturated carbocycles. The zero-order valence-electron chi connectivity index (χ0n) is 13.2. The minimum absolute atomic E-state index is 0.0362. The molecule has 2 aromatic carbocycles. The Labute approximate surface area is 129 Å². The van der Waals surface area contributed by atoms with E-state index in [1.54, 1.807) is 24.3 Å². The molecule has 0 spiro atoms. The van der Waals surface area contributed by atoms with Crippen LogP contribution in [0.25, 0.3) is 0 Å². The summed E-state index contributed by atoms with van der Waals surface area (Å²) in [5.74, 6) is 0. The van der Waals surface area contributed by atoms with Crippen molar-refractivity contribution in [2.45, 2.75) is 33.7 Å². The van der Waals surface area contributed by atoms with Crippen LogP contribution in [0.1, 0.15) is 33.3 Å². The molecule has 1 unspecified atom stereocenters. The molecule has 0 aliphatic carbocycles. The summed E-state index contributed by atoms with van der Waals surface area (Å²) in [6.45, 7) is 8.15. The van der Waals surface area contributed by atoms with Crippen LogP contribution in [0.5, 0.6) is 0 Å². The number of nitriles is 1. The Bertz CT molecular complexity index is 785. The molecule has 0 aromatic heterocycles. The lowest BCUT2D eigenvalue weighted by molar-refractivity contribution is 0.359. The van der Waals surface area contributed by atoms with Gasteiger partial charge >= 0.3 is 0 Å². The van der Waals surface area contributed by atoms with E-state index in [1.807, 2.05) is 13.0 Å². The third-order valence-corrected chi connectivity index (χ3v) is 3.85. The summed E-state index contributed by atoms with van der Waals surface area (Å²) < 4.78 is 0. The van der Waals surface area contributed by atoms with E-state index in [9.17, 15) is 9.59 Å². The maximum Gasteiger partial charge on any atom is 0.253 e. The van der Waals surface area contributed by atoms with Gasteiger partial charge in [-0.25, -0.2) is 0 Å². The average Bonchev–Trinajstić information content (AvgIpc) is 2.49. The topological polar surface area (TPSA) is 82.0 Å². The van der Waals surface area contributed by atoms with Crippen molar-refractivity contribution in [3.05, 3.63) is 50.3 Å². The second kappa shape index (κ2) is 5.64. The molecule has 0 saturated heterocycles. The molecule has 0 aliphatic rings. The van der Waals surface area contributed by atoms with Crippen LogP contribution in [0, 0.1) is 16.7 Å². The molecular formula is C17H19N3O2. The van der Waals surface area contributed by atoms with Crippen LogP contribution in [0.2, 0.25) is 0 Å². The molecule has 0 fully saturated rings. The van der Waals surface area contributed by atoms with Crippen LogP contribution < -0.4 is 21.5 Å². The molecule has 2 aromatic rings. The third kappa shape index (κ3) is 3.01. The fourth-order valence-corrected chi connectivity index (χ4v) is 1.85. The van der Waals surface area contributed by atoms with E-state index in [4.69, 9.17) is 5.26 Å². The molecule has 0 aliphatic heterocycles. The van der Waals surface area contributed by atoms with Crippen molar-refractivity contribution in [2.24, 2.45) is 5.41 Å². The summed E-state index contributed by atoms with van der Waals surface area (Å²) in [6, 6.07) is 8.77. The van der Waals surface area contributed by atoms with E-state index in [1.165, 1.54) is 0 Å². The first-order valence-corrected chi connectivity index (χ1v) is 7.11. The number of rotatable bonds is 4. The summed E-state index contributed by atoms with van der Waals surface area (Å²) in [4.78, 5) is 23.5. The fraction of sp³-hybridized carbons (Fsp3) is 0.353. The van der Waals surface area contributed by atoms with Gasteiger partial charge in [-0.05, 0) is 36.6 Å². The highest BCUT2D eigenvalue weighted by Crippen LogP contribution is 2.26. The number of anilines is 3. The molecule has 1 atom stereocenters. The first-order valence-electron chi connectivity index (χ1n) is 7.11. The van der Waals surface area contributed by atoms with Gasteiger partial charge in [0.25, 0.3) is 10.9 Å². The number of hydrogen-bond donors (Lipinski definition) is 2. The maximum atomic E-state index is 11.8. The molecule has 114 valence electrons. The first kappa shape index (κ1) is 15.8. The van der Waals surface area contributed by atoms with Gasteiger partial charge < -0.3 is 10.6 Å². The van der Waals surface area contributed by atoms with Crippen LogP contribution in [0.4, 0.5) is 17.1 Å². The SMILES string of the molecule is CC(Nc1c(Nc2ccc(C#N)cc2)c(=O)c1=O)C(C)(C)C. The predicted octanol–water partition coefficient (Wildman–Crippen LogP) is 2.74. The Morgan fingerprint density at radius 1 is 1.05 bits per heavy atom. The van der Waals surface area contributed by atoms with Crippen molar-refractivity contribution in [2.75, 3.05) is 10.6 Å². The van der Waals surface area contributed by atoms with Gasteiger partial charge in [-0.15, -0.1) is 0 Å². The number of nitrogens with zero attached hydrogens (tertiary/aromatic N) is 1. The highest BCUT2D eigenvalue weighted by Gasteiger charge is 2.26. The Morgan fingerprint density at radius 3 is 2.09 bits per heavy atom. The molecule has 0 radical (unpaired) electrons. The van der Waals surface area contributed by atoms with E-state index in [0.717, 1.165) is 0 Å². The van der Waals surface area contributed by atoms with Crippen LogP contribution in [-0.4, -0.2) is 6.04 Å². The summed E-state index contributed by atoms with van der Waals surface area (Å²) in [6.07, 6.45) is 0. The summed E-state index contributed by atoms with van der Waals surface area (Å²) in [7, 11) is 0. The lowest BCUT2D eigenvalue weighted by Gasteiger charge is -2.30. The van der Waals surface area contributed by atoms with Crippen LogP contribution in [0.15, 0.2) is 33.9 Å². The van der Waals surface area contributed by atoms with Crippen LogP contribution in [0.3, 0.4) is 0 Å². The van der Waals surface area contributed by atoms with E-state index in [-0.39, 0.29) is 17.1 Å². The van der Waals surface area contributed by atoms with Crippen molar-refractivity contribution < 1.29 is 0 Å². The minimum Gasteiger partial charge on any atom is -0.377 e. The first-order chi connectivity index (χ1) is 10.2. The van der Waals surface area contributed by atoms with Crippen molar-refractivity contribution >= 4 is 17.1 Å². The molecule has 2 N–H and O–H groups in total. The molecule has 0 bridgehead atoms. The normalized spacial score (nSPS) is 12.7. The number of nitrogens with one attached hydrogen (secondary N) is 2. The highest BCUT2D eigenvalue weighted by atomic mass is 16.2. The maximum absolute atomic E-state index is 11.8. The standard InChI is InChI=1S/C17H19N3O2/c1-10(17(2,3)4)19-13-14(16(22)15(13)21)20-12-7-5-11(9-18)6-8-12/h5-8,10,19-20H,1-4H3. The molecular weight excluding hydrogens is 278 g/mol. The lowest BCUT2D eigenvalue weighted by atomic mass is 9.87. The molecule has 5 heteroatoms. The van der Waals surface area contributed by atoms with Gasteiger partial charge in [0.1, 0.15) is 11.4 Å². The third-order valence-electron chi connectivity index (χ3n) is 3.85. The van der Waals surface area contributed by atoms with Crippen molar-refractivity contribution in [1.29, 1.82) is 5.26 Å². The summed E-state index contributed by atoms with van der Waals surface area (Å²) in [5, 5.41) is 14.9. The van der Waals surface area contributed by atoms with Crippen molar-refractivity contribution in [3.8, 4) is 6.07 Å². The van der Waals surface area contributed by atoms with Crippen molar-refractivity contribution in [3.63, 3.8) is 0 Å². The number of benzene rings is 1. The molecule has 2 rings (SSSR count). The average molecular weight is 297 g/mol. The zero-order valence-corrected chi connectivity index (χ0v) is 13.2. The van der Waals surface area contributed by atoms with Gasteiger partial charge in [-0.1, -0.05) is 20.8 Å². The summed E-state index contributed by atoms with van der Waals surface area (Å²) >= 11 is 0. The predicted molar refractivity (Wildman–Crippen MR) is 88.3 cm³/mol. The monoisotopic (exact) mass is 297 g/mol. The van der Waals surface area contributed by atoms with E-state index in [2.05, 4.69) is 31.4 Å². The van der Waals surface area contributed by atoms with E-state index < -0.39 is 10.9 Å². The van der Waals surface area contributed by atoms with Crippen LogP contribution in [-0.2, 0) is 0 Å². The zero-order chi connectivity index (χ0) is 16.5. The molecule has 0 amide bonds. The smallest absolute Gasteiger partial charge is 0.253 e. The van der Waals surface area contributed by atoms with Gasteiger partial charge in [-0.3, -0.25) is 9.59 Å². The van der Waals surface area contributed by atoms with Gasteiger partial charge in [-0.2, -0.15) is 5.26 Å². The molecule has 5 nitrogen and oxygen atoms in total. The van der Waals surface area contributed by atoms with E-state index in [0.29, 0.717) is 16.9 Å². The Kier molecular flexibility index (Phi) is 4.05. The fourth-order valence-electron chi connectivity index (χ4n) is 1.85. The minimum atomic E-state index is -0.520. The lowest BCUT2D eigenvalue weighted by Crippen LogP contribution is -2.41. The Hall–Kier alpha value is -2.61. The van der Waals surface area contributed by atoms with Gasteiger partial charge in [0.2, 0.25) is 0 Å². The summed E-state index contributed by atoms with van der Waals surface area (Å²) in [5.41, 5.74) is 0.765. The second-order valence-electron chi connectivity index (χ2n) is 6.45. The second-order valence-corrected chi connectivity index (χ2v) is 6.45. The highest BCUT2D eigenvalue weighted by molar-refractivity contribution is 5.79. The van der Waals surface area contributed by atoms with Gasteiger partial charge in [0, 0.05) is 11.7 Å². The largest absolute Gasteiger partial charge is 0.377 e. The van der Waals surface area contributed by atoms with Crippen LogP contribution >= 0.6 is 0 Å². The van der Waals surface area contributed by atoms with Crippen molar-refractivity contribution in [1.82, 2.24) is 0 Å². The van der Waals surface area contributed by atoms with Gasteiger partial charge in [0.05, 0.1) is 11.6 Å². The quantitative estimate of drug-likeness (QED) is 0.848. The van der Waals surface area contributed by atoms with Gasteiger partial charge in [0.15, 0.2) is 0 Å². The number of hydrogen-bond acceptors (Lipinski definition) is 5.